The maximum Gasteiger partial charge on any atom is 0.0734 e. The minimum atomic E-state index is -0.684. The number of ether oxygens (including phenoxy) is 1. The van der Waals surface area contributed by atoms with Crippen LogP contribution in [0.4, 0.5) is 0 Å². The van der Waals surface area contributed by atoms with Gasteiger partial charge in [-0.05, 0) is 30.5 Å². The molecule has 1 heterocycles. The van der Waals surface area contributed by atoms with Gasteiger partial charge in [0.05, 0.1) is 21.8 Å². The van der Waals surface area contributed by atoms with Crippen LogP contribution in [-0.2, 0) is 11.2 Å². The van der Waals surface area contributed by atoms with Crippen molar-refractivity contribution in [1.29, 1.82) is 0 Å². The number of rotatable bonds is 3. The van der Waals surface area contributed by atoms with Crippen molar-refractivity contribution in [1.82, 2.24) is 0 Å². The highest BCUT2D eigenvalue weighted by Crippen LogP contribution is 2.31. The summed E-state index contributed by atoms with van der Waals surface area (Å²) in [5.41, 5.74) is 0.333. The Labute approximate surface area is 118 Å². The molecule has 0 aliphatic carbocycles. The molecule has 4 heteroatoms. The molecule has 18 heavy (non-hydrogen) atoms. The molecule has 1 N–H and O–H groups in total. The Morgan fingerprint density at radius 2 is 2.17 bits per heavy atom. The second-order valence-electron chi connectivity index (χ2n) is 5.00. The first-order chi connectivity index (χ1) is 8.52. The largest absolute Gasteiger partial charge is 0.389 e. The van der Waals surface area contributed by atoms with Crippen molar-refractivity contribution < 1.29 is 9.84 Å². The summed E-state index contributed by atoms with van der Waals surface area (Å²) in [4.78, 5) is 0. The molecule has 2 atom stereocenters. The van der Waals surface area contributed by atoms with Gasteiger partial charge >= 0.3 is 0 Å². The Hall–Kier alpha value is -0.280. The molecule has 100 valence electrons. The molecule has 2 rings (SSSR count). The van der Waals surface area contributed by atoms with E-state index < -0.39 is 5.60 Å². The van der Waals surface area contributed by atoms with Gasteiger partial charge in [-0.1, -0.05) is 36.2 Å². The summed E-state index contributed by atoms with van der Waals surface area (Å²) in [5, 5.41) is 11.7. The van der Waals surface area contributed by atoms with Crippen LogP contribution in [0.3, 0.4) is 0 Å². The Kier molecular flexibility index (Phi) is 4.54. The van der Waals surface area contributed by atoms with E-state index in [4.69, 9.17) is 27.9 Å². The Morgan fingerprint density at radius 3 is 2.83 bits per heavy atom. The van der Waals surface area contributed by atoms with Crippen LogP contribution in [0.1, 0.15) is 31.7 Å². The average Bonchev–Trinajstić information content (AvgIpc) is 2.33. The molecule has 0 radical (unpaired) electrons. The van der Waals surface area contributed by atoms with Gasteiger partial charge in [0.15, 0.2) is 0 Å². The Morgan fingerprint density at radius 1 is 1.39 bits per heavy atom. The standard InChI is InChI=1S/C14H18Cl2O2/c1-2-11-9-14(17,5-6-18-11)8-10-3-4-12(15)13(16)7-10/h3-4,7,11,17H,2,5-6,8-9H2,1H3. The molecule has 0 bridgehead atoms. The molecule has 1 fully saturated rings. The highest BCUT2D eigenvalue weighted by molar-refractivity contribution is 6.42. The maximum atomic E-state index is 10.6. The first-order valence-electron chi connectivity index (χ1n) is 6.30. The third-order valence-corrected chi connectivity index (χ3v) is 4.24. The lowest BCUT2D eigenvalue weighted by Crippen LogP contribution is -2.42. The quantitative estimate of drug-likeness (QED) is 0.915. The minimum Gasteiger partial charge on any atom is -0.389 e. The normalized spacial score (nSPS) is 28.3. The molecule has 2 nitrogen and oxygen atoms in total. The molecule has 0 amide bonds. The first kappa shape index (κ1) is 14.1. The second kappa shape index (κ2) is 5.79. The predicted molar refractivity (Wildman–Crippen MR) is 74.4 cm³/mol. The lowest BCUT2D eigenvalue weighted by Gasteiger charge is -2.36. The molecule has 0 aromatic heterocycles. The van der Waals surface area contributed by atoms with Crippen LogP contribution in [0.5, 0.6) is 0 Å². The van der Waals surface area contributed by atoms with E-state index in [2.05, 4.69) is 6.92 Å². The summed E-state index contributed by atoms with van der Waals surface area (Å²) in [6.07, 6.45) is 3.05. The van der Waals surface area contributed by atoms with Gasteiger partial charge in [0.25, 0.3) is 0 Å². The molecule has 1 aliphatic heterocycles. The van der Waals surface area contributed by atoms with E-state index >= 15 is 0 Å². The summed E-state index contributed by atoms with van der Waals surface area (Å²) < 4.78 is 5.60. The number of benzene rings is 1. The highest BCUT2D eigenvalue weighted by Gasteiger charge is 2.34. The van der Waals surface area contributed by atoms with Gasteiger partial charge in [0.2, 0.25) is 0 Å². The number of hydrogen-bond acceptors (Lipinski definition) is 2. The fourth-order valence-corrected chi connectivity index (χ4v) is 2.77. The van der Waals surface area contributed by atoms with Crippen LogP contribution in [0.2, 0.25) is 10.0 Å². The molecule has 1 aromatic rings. The SMILES string of the molecule is CCC1CC(O)(Cc2ccc(Cl)c(Cl)c2)CCO1. The summed E-state index contributed by atoms with van der Waals surface area (Å²) in [5.74, 6) is 0. The van der Waals surface area contributed by atoms with Gasteiger partial charge in [-0.15, -0.1) is 0 Å². The number of aliphatic hydroxyl groups is 1. The van der Waals surface area contributed by atoms with Crippen molar-refractivity contribution in [3.05, 3.63) is 33.8 Å². The lowest BCUT2D eigenvalue weighted by atomic mass is 9.84. The summed E-state index contributed by atoms with van der Waals surface area (Å²) >= 11 is 11.9. The van der Waals surface area contributed by atoms with Crippen LogP contribution >= 0.6 is 23.2 Å². The van der Waals surface area contributed by atoms with Gasteiger partial charge in [0, 0.05) is 19.4 Å². The minimum absolute atomic E-state index is 0.159. The summed E-state index contributed by atoms with van der Waals surface area (Å²) in [6.45, 7) is 2.70. The molecule has 1 aromatic carbocycles. The molecule has 2 unspecified atom stereocenters. The maximum absolute atomic E-state index is 10.6. The van der Waals surface area contributed by atoms with Crippen LogP contribution in [0.15, 0.2) is 18.2 Å². The first-order valence-corrected chi connectivity index (χ1v) is 7.06. The Balaban J connectivity index is 2.09. The van der Waals surface area contributed by atoms with Gasteiger partial charge < -0.3 is 9.84 Å². The molecule has 0 spiro atoms. The monoisotopic (exact) mass is 288 g/mol. The van der Waals surface area contributed by atoms with E-state index in [0.717, 1.165) is 12.0 Å². The molecule has 1 aliphatic rings. The third-order valence-electron chi connectivity index (χ3n) is 3.50. The van der Waals surface area contributed by atoms with E-state index in [9.17, 15) is 5.11 Å². The van der Waals surface area contributed by atoms with E-state index in [-0.39, 0.29) is 6.10 Å². The van der Waals surface area contributed by atoms with Crippen LogP contribution < -0.4 is 0 Å². The fraction of sp³-hybridized carbons (Fsp3) is 0.571. The smallest absolute Gasteiger partial charge is 0.0734 e. The average molecular weight is 289 g/mol. The van der Waals surface area contributed by atoms with Gasteiger partial charge in [-0.3, -0.25) is 0 Å². The van der Waals surface area contributed by atoms with Crippen LogP contribution in [-0.4, -0.2) is 23.4 Å². The fourth-order valence-electron chi connectivity index (χ4n) is 2.45. The van der Waals surface area contributed by atoms with Crippen molar-refractivity contribution in [2.75, 3.05) is 6.61 Å². The topological polar surface area (TPSA) is 29.5 Å². The lowest BCUT2D eigenvalue weighted by molar-refractivity contribution is -0.103. The predicted octanol–water partition coefficient (Wildman–Crippen LogP) is 3.86. The molecule has 1 saturated heterocycles. The molecular weight excluding hydrogens is 271 g/mol. The Bertz CT molecular complexity index is 422. The highest BCUT2D eigenvalue weighted by atomic mass is 35.5. The van der Waals surface area contributed by atoms with Crippen molar-refractivity contribution >= 4 is 23.2 Å². The number of halogens is 2. The van der Waals surface area contributed by atoms with E-state index in [1.165, 1.54) is 0 Å². The zero-order valence-electron chi connectivity index (χ0n) is 10.5. The summed E-state index contributed by atoms with van der Waals surface area (Å²) in [6, 6.07) is 5.53. The van der Waals surface area contributed by atoms with E-state index in [0.29, 0.717) is 35.9 Å². The summed E-state index contributed by atoms with van der Waals surface area (Å²) in [7, 11) is 0. The van der Waals surface area contributed by atoms with Crippen LogP contribution in [0.25, 0.3) is 0 Å². The van der Waals surface area contributed by atoms with E-state index in [1.54, 1.807) is 6.07 Å². The third kappa shape index (κ3) is 3.39. The van der Waals surface area contributed by atoms with Crippen LogP contribution in [0, 0.1) is 0 Å². The molecular formula is C14H18Cl2O2. The second-order valence-corrected chi connectivity index (χ2v) is 5.82. The zero-order chi connectivity index (χ0) is 13.2. The van der Waals surface area contributed by atoms with Gasteiger partial charge in [-0.2, -0.15) is 0 Å². The van der Waals surface area contributed by atoms with Crippen molar-refractivity contribution in [2.45, 2.75) is 44.3 Å². The molecule has 0 saturated carbocycles. The van der Waals surface area contributed by atoms with Crippen molar-refractivity contribution in [3.63, 3.8) is 0 Å². The zero-order valence-corrected chi connectivity index (χ0v) is 12.0. The van der Waals surface area contributed by atoms with Gasteiger partial charge in [0.1, 0.15) is 0 Å². The van der Waals surface area contributed by atoms with Gasteiger partial charge in [-0.25, -0.2) is 0 Å². The van der Waals surface area contributed by atoms with Crippen molar-refractivity contribution in [3.8, 4) is 0 Å². The van der Waals surface area contributed by atoms with Crippen molar-refractivity contribution in [2.24, 2.45) is 0 Å². The number of hydrogen-bond donors (Lipinski definition) is 1. The van der Waals surface area contributed by atoms with E-state index in [1.807, 2.05) is 12.1 Å².